The first-order valence-corrected chi connectivity index (χ1v) is 9.92. The van der Waals surface area contributed by atoms with E-state index in [4.69, 9.17) is 0 Å². The molecule has 0 radical (unpaired) electrons. The van der Waals surface area contributed by atoms with E-state index in [2.05, 4.69) is 67.2 Å². The summed E-state index contributed by atoms with van der Waals surface area (Å²) < 4.78 is 0. The summed E-state index contributed by atoms with van der Waals surface area (Å²) >= 11 is 0. The number of Topliss-reactive ketones (excluding diaryl/α,β-unsaturated/α-hetero) is 1. The minimum Gasteiger partial charge on any atom is -0.300 e. The number of ketones is 1. The fourth-order valence-electron chi connectivity index (χ4n) is 3.51. The van der Waals surface area contributed by atoms with Crippen molar-refractivity contribution in [3.8, 4) is 0 Å². The van der Waals surface area contributed by atoms with Crippen LogP contribution < -0.4 is 10.4 Å². The molecule has 0 amide bonds. The zero-order chi connectivity index (χ0) is 14.0. The Labute approximate surface area is 121 Å². The zero-order valence-corrected chi connectivity index (χ0v) is 12.9. The summed E-state index contributed by atoms with van der Waals surface area (Å²) in [7, 11) is -1.83. The third-order valence-electron chi connectivity index (χ3n) is 4.81. The van der Waals surface area contributed by atoms with Gasteiger partial charge in [0.1, 0.15) is 13.9 Å². The molecule has 1 nitrogen and oxygen atoms in total. The number of rotatable bonds is 3. The van der Waals surface area contributed by atoms with Crippen molar-refractivity contribution in [2.75, 3.05) is 0 Å². The number of benzene rings is 2. The summed E-state index contributed by atoms with van der Waals surface area (Å²) in [4.78, 5) is 11.8. The van der Waals surface area contributed by atoms with Crippen LogP contribution in [0.5, 0.6) is 0 Å². The summed E-state index contributed by atoms with van der Waals surface area (Å²) in [6, 6.07) is 21.7. The third kappa shape index (κ3) is 2.25. The van der Waals surface area contributed by atoms with E-state index >= 15 is 0 Å². The highest BCUT2D eigenvalue weighted by Gasteiger charge is 2.43. The number of carbonyl (C=O) groups excluding carboxylic acids is 1. The van der Waals surface area contributed by atoms with E-state index in [1.165, 1.54) is 10.4 Å². The van der Waals surface area contributed by atoms with Crippen molar-refractivity contribution in [1.82, 2.24) is 0 Å². The lowest BCUT2D eigenvalue weighted by molar-refractivity contribution is -0.117. The zero-order valence-electron chi connectivity index (χ0n) is 11.9. The van der Waals surface area contributed by atoms with Gasteiger partial charge in [-0.2, -0.15) is 0 Å². The Morgan fingerprint density at radius 2 is 1.40 bits per heavy atom. The van der Waals surface area contributed by atoms with E-state index in [1.54, 1.807) is 0 Å². The molecule has 2 heteroatoms. The second-order valence-electron chi connectivity index (χ2n) is 5.91. The van der Waals surface area contributed by atoms with Gasteiger partial charge >= 0.3 is 0 Å². The van der Waals surface area contributed by atoms with Gasteiger partial charge in [-0.15, -0.1) is 0 Å². The first-order valence-electron chi connectivity index (χ1n) is 7.34. The molecule has 1 fully saturated rings. The van der Waals surface area contributed by atoms with E-state index in [0.29, 0.717) is 11.3 Å². The van der Waals surface area contributed by atoms with Crippen LogP contribution in [0.4, 0.5) is 0 Å². The van der Waals surface area contributed by atoms with Crippen LogP contribution in [0, 0.1) is 0 Å². The standard InChI is InChI=1S/C18H20OSi/c1-20(16-8-4-2-5-9-16,17-10-6-3-7-11-17)18-13-12-15(19)14-18/h2-11,18H,12-14H2,1H3/t18-/m0/s1. The monoisotopic (exact) mass is 280 g/mol. The maximum atomic E-state index is 11.8. The lowest BCUT2D eigenvalue weighted by atomic mass is 10.3. The second-order valence-corrected chi connectivity index (χ2v) is 10.3. The van der Waals surface area contributed by atoms with Crippen molar-refractivity contribution in [2.24, 2.45) is 0 Å². The van der Waals surface area contributed by atoms with E-state index in [0.717, 1.165) is 19.3 Å². The summed E-state index contributed by atoms with van der Waals surface area (Å²) in [5.41, 5.74) is 0.541. The molecule has 1 aliphatic rings. The molecule has 0 saturated heterocycles. The van der Waals surface area contributed by atoms with Crippen LogP contribution in [-0.2, 0) is 4.79 Å². The Morgan fingerprint density at radius 1 is 0.900 bits per heavy atom. The molecule has 1 aliphatic carbocycles. The van der Waals surface area contributed by atoms with Gasteiger partial charge in [0, 0.05) is 12.8 Å². The molecule has 0 bridgehead atoms. The van der Waals surface area contributed by atoms with Crippen molar-refractivity contribution >= 4 is 24.2 Å². The predicted molar refractivity (Wildman–Crippen MR) is 86.4 cm³/mol. The molecule has 102 valence electrons. The van der Waals surface area contributed by atoms with Gasteiger partial charge in [-0.25, -0.2) is 0 Å². The molecule has 0 heterocycles. The van der Waals surface area contributed by atoms with Gasteiger partial charge in [0.05, 0.1) is 0 Å². The Kier molecular flexibility index (Phi) is 3.58. The van der Waals surface area contributed by atoms with E-state index in [1.807, 2.05) is 0 Å². The minimum absolute atomic E-state index is 0.445. The molecule has 3 rings (SSSR count). The van der Waals surface area contributed by atoms with Gasteiger partial charge in [0.15, 0.2) is 0 Å². The molecule has 1 atom stereocenters. The highest BCUT2D eigenvalue weighted by atomic mass is 28.3. The Hall–Kier alpha value is -1.67. The number of hydrogen-bond acceptors (Lipinski definition) is 1. The summed E-state index contributed by atoms with van der Waals surface area (Å²) in [6.07, 6.45) is 2.60. The topological polar surface area (TPSA) is 17.1 Å². The van der Waals surface area contributed by atoms with Gasteiger partial charge in [0.25, 0.3) is 0 Å². The van der Waals surface area contributed by atoms with Crippen LogP contribution >= 0.6 is 0 Å². The maximum Gasteiger partial charge on any atom is 0.132 e. The maximum absolute atomic E-state index is 11.8. The van der Waals surface area contributed by atoms with Crippen LogP contribution in [0.3, 0.4) is 0 Å². The third-order valence-corrected chi connectivity index (χ3v) is 10.0. The first-order chi connectivity index (χ1) is 9.71. The Bertz CT molecular complexity index is 552. The van der Waals surface area contributed by atoms with Gasteiger partial charge < -0.3 is 0 Å². The molecule has 0 spiro atoms. The normalized spacial score (nSPS) is 19.2. The van der Waals surface area contributed by atoms with E-state index in [-0.39, 0.29) is 0 Å². The van der Waals surface area contributed by atoms with Crippen molar-refractivity contribution < 1.29 is 4.79 Å². The SMILES string of the molecule is C[Si](c1ccccc1)(c1ccccc1)[C@H]1CCC(=O)C1. The molecule has 2 aromatic carbocycles. The minimum atomic E-state index is -1.83. The van der Waals surface area contributed by atoms with Crippen molar-refractivity contribution in [2.45, 2.75) is 31.4 Å². The molecule has 20 heavy (non-hydrogen) atoms. The van der Waals surface area contributed by atoms with Gasteiger partial charge in [-0.05, 0) is 12.0 Å². The van der Waals surface area contributed by atoms with Crippen molar-refractivity contribution in [3.63, 3.8) is 0 Å². The highest BCUT2D eigenvalue weighted by molar-refractivity contribution is 7.02. The highest BCUT2D eigenvalue weighted by Crippen LogP contribution is 2.36. The first kappa shape index (κ1) is 13.3. The van der Waals surface area contributed by atoms with Crippen LogP contribution in [-0.4, -0.2) is 13.9 Å². The molecular formula is C18H20OSi. The molecule has 0 N–H and O–H groups in total. The average molecular weight is 280 g/mol. The second kappa shape index (κ2) is 5.37. The largest absolute Gasteiger partial charge is 0.300 e. The van der Waals surface area contributed by atoms with Crippen LogP contribution in [0.2, 0.25) is 12.1 Å². The molecule has 0 aliphatic heterocycles. The molecule has 0 aromatic heterocycles. The smallest absolute Gasteiger partial charge is 0.132 e. The van der Waals surface area contributed by atoms with Crippen molar-refractivity contribution in [3.05, 3.63) is 60.7 Å². The summed E-state index contributed by atoms with van der Waals surface area (Å²) in [5.74, 6) is 0.445. The Morgan fingerprint density at radius 3 is 1.80 bits per heavy atom. The fourth-order valence-corrected chi connectivity index (χ4v) is 7.92. The summed E-state index contributed by atoms with van der Waals surface area (Å²) in [5, 5.41) is 2.90. The molecular weight excluding hydrogens is 260 g/mol. The lowest BCUT2D eigenvalue weighted by Crippen LogP contribution is -2.58. The summed E-state index contributed by atoms with van der Waals surface area (Å²) in [6.45, 7) is 2.43. The lowest BCUT2D eigenvalue weighted by Gasteiger charge is -2.34. The van der Waals surface area contributed by atoms with E-state index < -0.39 is 8.07 Å². The number of carbonyl (C=O) groups is 1. The van der Waals surface area contributed by atoms with Gasteiger partial charge in [-0.1, -0.05) is 77.6 Å². The predicted octanol–water partition coefficient (Wildman–Crippen LogP) is 3.00. The van der Waals surface area contributed by atoms with Crippen LogP contribution in [0.25, 0.3) is 0 Å². The molecule has 2 aromatic rings. The van der Waals surface area contributed by atoms with E-state index in [9.17, 15) is 4.79 Å². The average Bonchev–Trinajstić information content (AvgIpc) is 2.95. The quantitative estimate of drug-likeness (QED) is 0.790. The molecule has 0 unspecified atom stereocenters. The van der Waals surface area contributed by atoms with Crippen LogP contribution in [0.1, 0.15) is 19.3 Å². The van der Waals surface area contributed by atoms with Crippen molar-refractivity contribution in [1.29, 1.82) is 0 Å². The Balaban J connectivity index is 2.10. The van der Waals surface area contributed by atoms with Crippen LogP contribution in [0.15, 0.2) is 60.7 Å². The van der Waals surface area contributed by atoms with Gasteiger partial charge in [0.2, 0.25) is 0 Å². The fraction of sp³-hybridized carbons (Fsp3) is 0.278. The molecule has 1 saturated carbocycles. The number of hydrogen-bond donors (Lipinski definition) is 0. The van der Waals surface area contributed by atoms with Gasteiger partial charge in [-0.3, -0.25) is 4.79 Å².